The number of rotatable bonds is 4. The molecule has 76 valence electrons. The van der Waals surface area contributed by atoms with Crippen molar-refractivity contribution in [2.24, 2.45) is 0 Å². The van der Waals surface area contributed by atoms with Crippen molar-refractivity contribution >= 4 is 23.2 Å². The Hall–Kier alpha value is -1.36. The summed E-state index contributed by atoms with van der Waals surface area (Å²) in [7, 11) is 1.60. The minimum Gasteiger partial charge on any atom is -0.481 e. The molecule has 0 saturated heterocycles. The Morgan fingerprint density at radius 1 is 1.57 bits per heavy atom. The van der Waals surface area contributed by atoms with Crippen molar-refractivity contribution in [3.63, 3.8) is 0 Å². The van der Waals surface area contributed by atoms with Gasteiger partial charge in [0, 0.05) is 11.9 Å². The van der Waals surface area contributed by atoms with Crippen LogP contribution in [-0.4, -0.2) is 28.9 Å². The largest absolute Gasteiger partial charge is 0.481 e. The third-order valence-corrected chi connectivity index (χ3v) is 2.56. The average Bonchev–Trinajstić information content (AvgIpc) is 2.55. The molecule has 1 heterocycles. The lowest BCUT2D eigenvalue weighted by Gasteiger charge is -2.14. The van der Waals surface area contributed by atoms with Gasteiger partial charge in [0.1, 0.15) is 6.42 Å². The summed E-state index contributed by atoms with van der Waals surface area (Å²) in [6.45, 7) is 0.476. The molecule has 5 heteroatoms. The van der Waals surface area contributed by atoms with Crippen molar-refractivity contribution in [2.45, 2.75) is 13.0 Å². The van der Waals surface area contributed by atoms with Gasteiger partial charge in [-0.25, -0.2) is 0 Å². The first kappa shape index (κ1) is 10.7. The number of aliphatic carboxylic acids is 1. The number of carboxylic acids is 1. The van der Waals surface area contributed by atoms with Crippen LogP contribution < -0.4 is 0 Å². The molecule has 0 atom stereocenters. The van der Waals surface area contributed by atoms with Gasteiger partial charge in [0.2, 0.25) is 5.91 Å². The Balaban J connectivity index is 2.46. The molecule has 1 amide bonds. The molecule has 0 bridgehead atoms. The third-order valence-electron chi connectivity index (χ3n) is 1.70. The maximum Gasteiger partial charge on any atom is 0.312 e. The molecular weight excluding hydrogens is 202 g/mol. The number of carboxylic acid groups (broad SMARTS) is 1. The minimum absolute atomic E-state index is 0.370. The number of carbonyl (C=O) groups excluding carboxylic acids is 1. The van der Waals surface area contributed by atoms with Crippen LogP contribution >= 0.6 is 11.3 Å². The molecule has 0 aliphatic rings. The zero-order chi connectivity index (χ0) is 10.6. The molecule has 1 aromatic heterocycles. The summed E-state index contributed by atoms with van der Waals surface area (Å²) < 4.78 is 0. The predicted molar refractivity (Wildman–Crippen MR) is 53.0 cm³/mol. The third kappa shape index (κ3) is 3.18. The van der Waals surface area contributed by atoms with Crippen LogP contribution in [0, 0.1) is 0 Å². The standard InChI is InChI=1S/C9H11NO3S/c1-10(8(11)5-9(12)13)6-7-3-2-4-14-7/h2-4H,5-6H2,1H3,(H,12,13). The molecule has 0 aromatic carbocycles. The molecule has 0 radical (unpaired) electrons. The molecule has 0 spiro atoms. The maximum atomic E-state index is 11.2. The summed E-state index contributed by atoms with van der Waals surface area (Å²) >= 11 is 1.55. The monoisotopic (exact) mass is 213 g/mol. The lowest BCUT2D eigenvalue weighted by molar-refractivity contribution is -0.143. The molecule has 1 N–H and O–H groups in total. The second-order valence-corrected chi connectivity index (χ2v) is 3.93. The SMILES string of the molecule is CN(Cc1cccs1)C(=O)CC(=O)O. The van der Waals surface area contributed by atoms with Crippen LogP contribution in [0.15, 0.2) is 17.5 Å². The summed E-state index contributed by atoms with van der Waals surface area (Å²) in [6, 6.07) is 3.81. The second-order valence-electron chi connectivity index (χ2n) is 2.90. The fourth-order valence-electron chi connectivity index (χ4n) is 0.989. The quantitative estimate of drug-likeness (QED) is 0.764. The number of carbonyl (C=O) groups is 2. The Bertz CT molecular complexity index is 321. The van der Waals surface area contributed by atoms with E-state index in [-0.39, 0.29) is 5.91 Å². The zero-order valence-corrected chi connectivity index (χ0v) is 8.58. The van der Waals surface area contributed by atoms with Crippen molar-refractivity contribution in [3.05, 3.63) is 22.4 Å². The highest BCUT2D eigenvalue weighted by Crippen LogP contribution is 2.11. The molecule has 0 unspecified atom stereocenters. The van der Waals surface area contributed by atoms with E-state index in [0.29, 0.717) is 6.54 Å². The Kier molecular flexibility index (Phi) is 3.64. The minimum atomic E-state index is -1.09. The lowest BCUT2D eigenvalue weighted by Crippen LogP contribution is -2.27. The summed E-state index contributed by atoms with van der Waals surface area (Å²) in [4.78, 5) is 24.0. The fraction of sp³-hybridized carbons (Fsp3) is 0.333. The van der Waals surface area contributed by atoms with Crippen molar-refractivity contribution in [3.8, 4) is 0 Å². The summed E-state index contributed by atoms with van der Waals surface area (Å²) in [5.41, 5.74) is 0. The van der Waals surface area contributed by atoms with E-state index < -0.39 is 12.4 Å². The van der Waals surface area contributed by atoms with Crippen molar-refractivity contribution in [1.82, 2.24) is 4.90 Å². The van der Waals surface area contributed by atoms with Crippen LogP contribution in [-0.2, 0) is 16.1 Å². The first-order valence-electron chi connectivity index (χ1n) is 4.07. The van der Waals surface area contributed by atoms with Crippen LogP contribution in [0.3, 0.4) is 0 Å². The Morgan fingerprint density at radius 3 is 2.79 bits per heavy atom. The molecular formula is C9H11NO3S. The lowest BCUT2D eigenvalue weighted by atomic mass is 10.3. The van der Waals surface area contributed by atoms with Gasteiger partial charge in [0.25, 0.3) is 0 Å². The number of amides is 1. The fourth-order valence-corrected chi connectivity index (χ4v) is 1.75. The number of hydrogen-bond donors (Lipinski definition) is 1. The van der Waals surface area contributed by atoms with Crippen LogP contribution in [0.25, 0.3) is 0 Å². The predicted octanol–water partition coefficient (Wildman–Crippen LogP) is 1.18. The first-order chi connectivity index (χ1) is 6.59. The second kappa shape index (κ2) is 4.76. The Morgan fingerprint density at radius 2 is 2.29 bits per heavy atom. The average molecular weight is 213 g/mol. The van der Waals surface area contributed by atoms with E-state index >= 15 is 0 Å². The van der Waals surface area contributed by atoms with E-state index in [0.717, 1.165) is 4.88 Å². The highest BCUT2D eigenvalue weighted by Gasteiger charge is 2.13. The molecule has 0 saturated carbocycles. The van der Waals surface area contributed by atoms with Gasteiger partial charge in [-0.15, -0.1) is 11.3 Å². The van der Waals surface area contributed by atoms with Gasteiger partial charge < -0.3 is 10.0 Å². The van der Waals surface area contributed by atoms with E-state index in [9.17, 15) is 9.59 Å². The van der Waals surface area contributed by atoms with Crippen molar-refractivity contribution in [1.29, 1.82) is 0 Å². The smallest absolute Gasteiger partial charge is 0.312 e. The highest BCUT2D eigenvalue weighted by atomic mass is 32.1. The van der Waals surface area contributed by atoms with E-state index in [2.05, 4.69) is 0 Å². The van der Waals surface area contributed by atoms with E-state index in [4.69, 9.17) is 5.11 Å². The number of hydrogen-bond acceptors (Lipinski definition) is 3. The van der Waals surface area contributed by atoms with Gasteiger partial charge in [0.15, 0.2) is 0 Å². The van der Waals surface area contributed by atoms with Crippen molar-refractivity contribution in [2.75, 3.05) is 7.05 Å². The Labute approximate surface area is 85.8 Å². The van der Waals surface area contributed by atoms with Crippen LogP contribution in [0.1, 0.15) is 11.3 Å². The molecule has 0 aliphatic heterocycles. The highest BCUT2D eigenvalue weighted by molar-refractivity contribution is 7.09. The van der Waals surface area contributed by atoms with Crippen LogP contribution in [0.4, 0.5) is 0 Å². The maximum absolute atomic E-state index is 11.2. The zero-order valence-electron chi connectivity index (χ0n) is 7.77. The van der Waals surface area contributed by atoms with Gasteiger partial charge >= 0.3 is 5.97 Å². The van der Waals surface area contributed by atoms with E-state index in [1.165, 1.54) is 4.90 Å². The van der Waals surface area contributed by atoms with E-state index in [1.54, 1.807) is 18.4 Å². The van der Waals surface area contributed by atoms with Gasteiger partial charge in [-0.05, 0) is 11.4 Å². The van der Waals surface area contributed by atoms with Crippen LogP contribution in [0.5, 0.6) is 0 Å². The van der Waals surface area contributed by atoms with Gasteiger partial charge in [0.05, 0.1) is 6.54 Å². The molecule has 0 fully saturated rings. The summed E-state index contributed by atoms with van der Waals surface area (Å²) in [5.74, 6) is -1.46. The normalized spacial score (nSPS) is 9.79. The molecule has 0 aliphatic carbocycles. The first-order valence-corrected chi connectivity index (χ1v) is 4.95. The summed E-state index contributed by atoms with van der Waals surface area (Å²) in [5, 5.41) is 10.3. The molecule has 14 heavy (non-hydrogen) atoms. The van der Waals surface area contributed by atoms with Gasteiger partial charge in [-0.2, -0.15) is 0 Å². The number of nitrogens with zero attached hydrogens (tertiary/aromatic N) is 1. The molecule has 1 aromatic rings. The van der Waals surface area contributed by atoms with Gasteiger partial charge in [-0.3, -0.25) is 9.59 Å². The van der Waals surface area contributed by atoms with Crippen molar-refractivity contribution < 1.29 is 14.7 Å². The van der Waals surface area contributed by atoms with Gasteiger partial charge in [-0.1, -0.05) is 6.07 Å². The summed E-state index contributed by atoms with van der Waals surface area (Å²) in [6.07, 6.45) is -0.443. The van der Waals surface area contributed by atoms with Crippen LogP contribution in [0.2, 0.25) is 0 Å². The molecule has 4 nitrogen and oxygen atoms in total. The van der Waals surface area contributed by atoms with E-state index in [1.807, 2.05) is 17.5 Å². The topological polar surface area (TPSA) is 57.6 Å². The molecule has 1 rings (SSSR count). The number of thiophene rings is 1.